The van der Waals surface area contributed by atoms with E-state index in [0.29, 0.717) is 5.89 Å². The zero-order valence-corrected chi connectivity index (χ0v) is 10.4. The molecule has 19 heavy (non-hydrogen) atoms. The second-order valence-corrected chi connectivity index (χ2v) is 3.70. The second kappa shape index (κ2) is 5.81. The van der Waals surface area contributed by atoms with Crippen LogP contribution in [0, 0.1) is 0 Å². The number of fused-ring (bicyclic) bond motifs is 1. The molecule has 98 valence electrons. The Hall–Kier alpha value is -2.63. The number of aromatic nitrogens is 3. The number of carboxylic acids is 1. The molecule has 0 aliphatic carbocycles. The molecule has 3 heterocycles. The monoisotopic (exact) mass is 259 g/mol. The van der Waals surface area contributed by atoms with Gasteiger partial charge in [0.25, 0.3) is 0 Å². The van der Waals surface area contributed by atoms with Crippen molar-refractivity contribution < 1.29 is 14.3 Å². The number of hydrogen-bond donors (Lipinski definition) is 1. The lowest BCUT2D eigenvalue weighted by Crippen LogP contribution is -1.86. The average molecular weight is 259 g/mol. The van der Waals surface area contributed by atoms with E-state index in [4.69, 9.17) is 9.52 Å². The molecule has 0 amide bonds. The molecule has 3 aromatic rings. The average Bonchev–Trinajstić information content (AvgIpc) is 3.09. The van der Waals surface area contributed by atoms with E-state index in [1.807, 2.05) is 28.9 Å². The highest BCUT2D eigenvalue weighted by molar-refractivity contribution is 5.66. The standard InChI is InChI=1S/C10H7N3O.C3H6O2/c1-2-9-11-3-5-13(9)7-8(1)10-12-4-6-14-10;1-2-3(4)5/h1-7H;2H2,1H3,(H,4,5). The highest BCUT2D eigenvalue weighted by Crippen LogP contribution is 2.17. The fourth-order valence-corrected chi connectivity index (χ4v) is 1.41. The van der Waals surface area contributed by atoms with E-state index < -0.39 is 5.97 Å². The third kappa shape index (κ3) is 3.19. The number of rotatable bonds is 2. The van der Waals surface area contributed by atoms with E-state index in [0.717, 1.165) is 11.2 Å². The summed E-state index contributed by atoms with van der Waals surface area (Å²) in [6, 6.07) is 3.87. The molecule has 6 heteroatoms. The second-order valence-electron chi connectivity index (χ2n) is 3.70. The smallest absolute Gasteiger partial charge is 0.303 e. The molecular formula is C13H13N3O3. The molecule has 1 N–H and O–H groups in total. The lowest BCUT2D eigenvalue weighted by atomic mass is 10.3. The summed E-state index contributed by atoms with van der Waals surface area (Å²) in [7, 11) is 0. The molecule has 0 bridgehead atoms. The topological polar surface area (TPSA) is 80.6 Å². The first-order valence-electron chi connectivity index (χ1n) is 5.75. The molecule has 0 saturated heterocycles. The Bertz CT molecular complexity index is 659. The van der Waals surface area contributed by atoms with Gasteiger partial charge in [0, 0.05) is 25.0 Å². The van der Waals surface area contributed by atoms with Gasteiger partial charge in [0.1, 0.15) is 11.9 Å². The number of carboxylic acid groups (broad SMARTS) is 1. The number of carbonyl (C=O) groups is 1. The number of nitrogens with zero attached hydrogens (tertiary/aromatic N) is 3. The van der Waals surface area contributed by atoms with Crippen molar-refractivity contribution in [2.24, 2.45) is 0 Å². The van der Waals surface area contributed by atoms with Crippen molar-refractivity contribution >= 4 is 11.6 Å². The van der Waals surface area contributed by atoms with E-state index in [-0.39, 0.29) is 6.42 Å². The van der Waals surface area contributed by atoms with E-state index >= 15 is 0 Å². The van der Waals surface area contributed by atoms with Gasteiger partial charge in [0.2, 0.25) is 5.89 Å². The molecule has 0 fully saturated rings. The van der Waals surface area contributed by atoms with Crippen LogP contribution in [0.4, 0.5) is 0 Å². The summed E-state index contributed by atoms with van der Waals surface area (Å²) < 4.78 is 7.13. The van der Waals surface area contributed by atoms with E-state index in [1.54, 1.807) is 25.6 Å². The van der Waals surface area contributed by atoms with Crippen molar-refractivity contribution in [3.8, 4) is 11.5 Å². The lowest BCUT2D eigenvalue weighted by molar-refractivity contribution is -0.136. The quantitative estimate of drug-likeness (QED) is 0.764. The Morgan fingerprint density at radius 1 is 1.37 bits per heavy atom. The zero-order valence-electron chi connectivity index (χ0n) is 10.4. The van der Waals surface area contributed by atoms with Crippen LogP contribution in [-0.4, -0.2) is 25.4 Å². The Balaban J connectivity index is 0.000000232. The number of oxazole rings is 1. The van der Waals surface area contributed by atoms with Crippen molar-refractivity contribution in [1.29, 1.82) is 0 Å². The van der Waals surface area contributed by atoms with E-state index in [2.05, 4.69) is 9.97 Å². The Morgan fingerprint density at radius 3 is 2.79 bits per heavy atom. The van der Waals surface area contributed by atoms with Gasteiger partial charge in [-0.3, -0.25) is 4.79 Å². The fraction of sp³-hybridized carbons (Fsp3) is 0.154. The van der Waals surface area contributed by atoms with Gasteiger partial charge in [-0.15, -0.1) is 0 Å². The molecule has 6 nitrogen and oxygen atoms in total. The molecule has 0 aliphatic heterocycles. The molecule has 0 aliphatic rings. The largest absolute Gasteiger partial charge is 0.481 e. The number of imidazole rings is 1. The first-order chi connectivity index (χ1) is 9.20. The molecule has 0 unspecified atom stereocenters. The Morgan fingerprint density at radius 2 is 2.16 bits per heavy atom. The maximum atomic E-state index is 9.37. The SMILES string of the molecule is CCC(=O)O.c1coc(-c2ccc3nccn3c2)n1. The Kier molecular flexibility index (Phi) is 3.92. The van der Waals surface area contributed by atoms with Crippen LogP contribution in [0.25, 0.3) is 17.1 Å². The summed E-state index contributed by atoms with van der Waals surface area (Å²) in [5.41, 5.74) is 1.86. The maximum absolute atomic E-state index is 9.37. The Labute approximate surface area is 109 Å². The minimum atomic E-state index is -0.745. The van der Waals surface area contributed by atoms with Gasteiger partial charge >= 0.3 is 5.97 Å². The van der Waals surface area contributed by atoms with Gasteiger partial charge in [0.15, 0.2) is 0 Å². The predicted octanol–water partition coefficient (Wildman–Crippen LogP) is 2.47. The summed E-state index contributed by atoms with van der Waals surface area (Å²) in [5, 5.41) is 7.72. The van der Waals surface area contributed by atoms with Gasteiger partial charge in [-0.05, 0) is 12.1 Å². The van der Waals surface area contributed by atoms with Crippen LogP contribution in [0.1, 0.15) is 13.3 Å². The molecule has 3 aromatic heterocycles. The maximum Gasteiger partial charge on any atom is 0.303 e. The molecule has 3 rings (SSSR count). The van der Waals surface area contributed by atoms with E-state index in [1.165, 1.54) is 0 Å². The summed E-state index contributed by atoms with van der Waals surface area (Å²) in [4.78, 5) is 17.6. The third-order valence-corrected chi connectivity index (χ3v) is 2.37. The molecule has 0 saturated carbocycles. The lowest BCUT2D eigenvalue weighted by Gasteiger charge is -1.96. The molecular weight excluding hydrogens is 246 g/mol. The predicted molar refractivity (Wildman–Crippen MR) is 68.6 cm³/mol. The summed E-state index contributed by atoms with van der Waals surface area (Å²) >= 11 is 0. The summed E-state index contributed by atoms with van der Waals surface area (Å²) in [6.07, 6.45) is 9.01. The van der Waals surface area contributed by atoms with Crippen LogP contribution in [-0.2, 0) is 4.79 Å². The van der Waals surface area contributed by atoms with Crippen molar-refractivity contribution in [1.82, 2.24) is 14.4 Å². The molecule has 0 spiro atoms. The van der Waals surface area contributed by atoms with Crippen molar-refractivity contribution in [2.75, 3.05) is 0 Å². The van der Waals surface area contributed by atoms with Crippen LogP contribution >= 0.6 is 0 Å². The van der Waals surface area contributed by atoms with Crippen LogP contribution in [0.2, 0.25) is 0 Å². The first-order valence-corrected chi connectivity index (χ1v) is 5.75. The van der Waals surface area contributed by atoms with Crippen LogP contribution in [0.15, 0.2) is 47.6 Å². The van der Waals surface area contributed by atoms with Crippen LogP contribution < -0.4 is 0 Å². The van der Waals surface area contributed by atoms with Gasteiger partial charge in [0.05, 0.1) is 11.8 Å². The van der Waals surface area contributed by atoms with Crippen molar-refractivity contribution in [3.63, 3.8) is 0 Å². The fourth-order valence-electron chi connectivity index (χ4n) is 1.41. The van der Waals surface area contributed by atoms with Gasteiger partial charge < -0.3 is 13.9 Å². The number of hydrogen-bond acceptors (Lipinski definition) is 4. The third-order valence-electron chi connectivity index (χ3n) is 2.37. The minimum absolute atomic E-state index is 0.222. The van der Waals surface area contributed by atoms with Crippen LogP contribution in [0.5, 0.6) is 0 Å². The molecule has 0 aromatic carbocycles. The van der Waals surface area contributed by atoms with Gasteiger partial charge in [-0.1, -0.05) is 6.92 Å². The van der Waals surface area contributed by atoms with Crippen LogP contribution in [0.3, 0.4) is 0 Å². The molecule has 0 radical (unpaired) electrons. The van der Waals surface area contributed by atoms with Crippen molar-refractivity contribution in [2.45, 2.75) is 13.3 Å². The van der Waals surface area contributed by atoms with Gasteiger partial charge in [-0.2, -0.15) is 0 Å². The highest BCUT2D eigenvalue weighted by atomic mass is 16.4. The summed E-state index contributed by atoms with van der Waals surface area (Å²) in [6.45, 7) is 1.60. The normalized spacial score (nSPS) is 9.95. The minimum Gasteiger partial charge on any atom is -0.481 e. The molecule has 0 atom stereocenters. The zero-order chi connectivity index (χ0) is 13.7. The van der Waals surface area contributed by atoms with E-state index in [9.17, 15) is 4.79 Å². The van der Waals surface area contributed by atoms with Gasteiger partial charge in [-0.25, -0.2) is 9.97 Å². The summed E-state index contributed by atoms with van der Waals surface area (Å²) in [5.74, 6) is -0.120. The first kappa shape index (κ1) is 12.8. The number of aliphatic carboxylic acids is 1. The number of pyridine rings is 1. The van der Waals surface area contributed by atoms with Crippen molar-refractivity contribution in [3.05, 3.63) is 43.2 Å². The highest BCUT2D eigenvalue weighted by Gasteiger charge is 2.02.